The minimum Gasteiger partial charge on any atom is -0.369 e. The predicted octanol–water partition coefficient (Wildman–Crippen LogP) is 3.34. The minimum absolute atomic E-state index is 0.117. The Morgan fingerprint density at radius 1 is 0.647 bits per heavy atom. The molecule has 2 aromatic carbocycles. The maximum atomic E-state index is 5.93. The highest BCUT2D eigenvalue weighted by atomic mass is 35.5. The number of anilines is 2. The number of unbranched alkanes of at least 4 members (excludes halogenated alkanes) is 3. The van der Waals surface area contributed by atoms with Gasteiger partial charge in [0.05, 0.1) is 0 Å². The average molecular weight is 505 g/mol. The molecule has 0 aliphatic heterocycles. The molecule has 10 N–H and O–H groups in total. The predicted molar refractivity (Wildman–Crippen MR) is 145 cm³/mol. The zero-order valence-electron chi connectivity index (χ0n) is 18.7. The van der Waals surface area contributed by atoms with Gasteiger partial charge in [-0.3, -0.25) is 9.98 Å². The fourth-order valence-electron chi connectivity index (χ4n) is 2.77. The highest BCUT2D eigenvalue weighted by Gasteiger charge is 1.99. The molecule has 0 amide bonds. The summed E-state index contributed by atoms with van der Waals surface area (Å²) in [6.07, 6.45) is 3.67. The molecule has 0 spiro atoms. The lowest BCUT2D eigenvalue weighted by Gasteiger charge is -2.05. The van der Waals surface area contributed by atoms with Gasteiger partial charge in [-0.05, 0) is 49.2 Å². The van der Waals surface area contributed by atoms with E-state index in [0.717, 1.165) is 37.1 Å². The van der Waals surface area contributed by atoms with E-state index < -0.39 is 0 Å². The first kappa shape index (κ1) is 26.7. The molecule has 0 saturated carbocycles. The van der Waals surface area contributed by atoms with Gasteiger partial charge in [0.1, 0.15) is 0 Å². The number of halogens is 2. The lowest BCUT2D eigenvalue weighted by molar-refractivity contribution is 0.653. The summed E-state index contributed by atoms with van der Waals surface area (Å²) < 4.78 is 0. The van der Waals surface area contributed by atoms with Crippen molar-refractivity contribution in [2.45, 2.75) is 25.7 Å². The van der Waals surface area contributed by atoms with Crippen LogP contribution >= 0.6 is 23.2 Å². The topological polar surface area (TPSA) is 178 Å². The molecule has 2 aromatic rings. The molecule has 0 aliphatic rings. The van der Waals surface area contributed by atoms with Crippen molar-refractivity contribution in [3.8, 4) is 0 Å². The van der Waals surface area contributed by atoms with Crippen LogP contribution in [0.4, 0.5) is 11.4 Å². The first-order chi connectivity index (χ1) is 16.3. The first-order valence-electron chi connectivity index (χ1n) is 10.6. The van der Waals surface area contributed by atoms with E-state index in [1.165, 1.54) is 0 Å². The molecule has 0 unspecified atom stereocenters. The van der Waals surface area contributed by atoms with Crippen LogP contribution in [0.5, 0.6) is 0 Å². The lowest BCUT2D eigenvalue weighted by atomic mass is 10.2. The fraction of sp³-hybridized carbons (Fsp3) is 0.273. The van der Waals surface area contributed by atoms with Crippen molar-refractivity contribution in [1.82, 2.24) is 0 Å². The summed E-state index contributed by atoms with van der Waals surface area (Å²) in [5.74, 6) is 0.521. The van der Waals surface area contributed by atoms with Crippen molar-refractivity contribution in [3.63, 3.8) is 0 Å². The summed E-state index contributed by atoms with van der Waals surface area (Å²) in [7, 11) is 0. The fourth-order valence-corrected chi connectivity index (χ4v) is 3.15. The van der Waals surface area contributed by atoms with Crippen molar-refractivity contribution >= 4 is 58.4 Å². The van der Waals surface area contributed by atoms with Crippen molar-refractivity contribution in [3.05, 3.63) is 58.6 Å². The highest BCUT2D eigenvalue weighted by Crippen LogP contribution is 2.15. The largest absolute Gasteiger partial charge is 0.369 e. The lowest BCUT2D eigenvalue weighted by Crippen LogP contribution is -2.26. The molecule has 10 nitrogen and oxygen atoms in total. The number of guanidine groups is 4. The van der Waals surface area contributed by atoms with E-state index in [2.05, 4.69) is 30.6 Å². The second-order valence-corrected chi connectivity index (χ2v) is 8.03. The van der Waals surface area contributed by atoms with Gasteiger partial charge in [0.2, 0.25) is 23.8 Å². The molecular formula is C22H30Cl2N10. The van der Waals surface area contributed by atoms with Crippen LogP contribution in [0, 0.1) is 0 Å². The van der Waals surface area contributed by atoms with Gasteiger partial charge in [0.25, 0.3) is 0 Å². The number of nitrogens with two attached hydrogens (primary N) is 4. The van der Waals surface area contributed by atoms with E-state index in [1.807, 2.05) is 12.1 Å². The smallest absolute Gasteiger partial charge is 0.218 e. The normalized spacial score (nSPS) is 13.1. The van der Waals surface area contributed by atoms with Gasteiger partial charge in [-0.1, -0.05) is 48.2 Å². The van der Waals surface area contributed by atoms with E-state index in [0.29, 0.717) is 23.1 Å². The summed E-state index contributed by atoms with van der Waals surface area (Å²) in [6, 6.07) is 14.2. The van der Waals surface area contributed by atoms with Gasteiger partial charge in [0.15, 0.2) is 0 Å². The van der Waals surface area contributed by atoms with Crippen LogP contribution in [0.1, 0.15) is 25.7 Å². The Hall–Kier alpha value is -3.50. The third kappa shape index (κ3) is 11.4. The van der Waals surface area contributed by atoms with Gasteiger partial charge in [0, 0.05) is 34.5 Å². The summed E-state index contributed by atoms with van der Waals surface area (Å²) in [6.45, 7) is 1.11. The van der Waals surface area contributed by atoms with Gasteiger partial charge in [-0.2, -0.15) is 9.98 Å². The maximum Gasteiger partial charge on any atom is 0.218 e. The number of benzene rings is 2. The Labute approximate surface area is 209 Å². The molecule has 0 radical (unpaired) electrons. The van der Waals surface area contributed by atoms with E-state index in [1.54, 1.807) is 36.4 Å². The average Bonchev–Trinajstić information content (AvgIpc) is 2.75. The highest BCUT2D eigenvalue weighted by molar-refractivity contribution is 6.31. The summed E-state index contributed by atoms with van der Waals surface area (Å²) in [5.41, 5.74) is 24.7. The summed E-state index contributed by atoms with van der Waals surface area (Å²) in [4.78, 5) is 16.5. The Balaban J connectivity index is 1.62. The Morgan fingerprint density at radius 3 is 1.44 bits per heavy atom. The molecular weight excluding hydrogens is 475 g/mol. The van der Waals surface area contributed by atoms with E-state index in [9.17, 15) is 0 Å². The maximum absolute atomic E-state index is 5.93. The van der Waals surface area contributed by atoms with Crippen LogP contribution in [0.2, 0.25) is 10.0 Å². The zero-order chi connectivity index (χ0) is 24.8. The van der Waals surface area contributed by atoms with E-state index >= 15 is 0 Å². The quantitative estimate of drug-likeness (QED) is 0.173. The van der Waals surface area contributed by atoms with Crippen LogP contribution in [-0.2, 0) is 0 Å². The molecule has 0 heterocycles. The van der Waals surface area contributed by atoms with Gasteiger partial charge in [-0.25, -0.2) is 0 Å². The molecule has 2 rings (SSSR count). The minimum atomic E-state index is 0.117. The van der Waals surface area contributed by atoms with E-state index in [4.69, 9.17) is 46.1 Å². The molecule has 0 atom stereocenters. The second-order valence-electron chi connectivity index (χ2n) is 7.16. The molecule has 34 heavy (non-hydrogen) atoms. The Morgan fingerprint density at radius 2 is 1.06 bits per heavy atom. The molecule has 0 aliphatic carbocycles. The van der Waals surface area contributed by atoms with E-state index in [-0.39, 0.29) is 23.8 Å². The van der Waals surface area contributed by atoms with Gasteiger partial charge >= 0.3 is 0 Å². The molecule has 0 fully saturated rings. The second kappa shape index (κ2) is 14.6. The molecule has 0 saturated heterocycles. The van der Waals surface area contributed by atoms with Crippen LogP contribution in [0.3, 0.4) is 0 Å². The standard InChI is InChI=1S/C22H30Cl2N10/c23-15-7-5-9-17(13-15)31-21(27)33-19(25)29-11-3-1-2-4-12-30-20(26)34-22(28)32-18-10-6-8-16(24)14-18/h5-10,13-14H,1-4,11-12H2,(H5,25,27,29,31,33)(H5,26,28,30,32,34). The summed E-state index contributed by atoms with van der Waals surface area (Å²) in [5, 5.41) is 7.00. The van der Waals surface area contributed by atoms with Crippen LogP contribution in [0.15, 0.2) is 68.5 Å². The number of hydrogen-bond acceptors (Lipinski definition) is 2. The van der Waals surface area contributed by atoms with Gasteiger partial charge in [-0.15, -0.1) is 0 Å². The van der Waals surface area contributed by atoms with Crippen molar-refractivity contribution in [2.24, 2.45) is 42.9 Å². The van der Waals surface area contributed by atoms with Crippen molar-refractivity contribution in [2.75, 3.05) is 23.7 Å². The third-order valence-corrected chi connectivity index (χ3v) is 4.75. The number of nitrogens with one attached hydrogen (secondary N) is 2. The number of rotatable bonds is 9. The monoisotopic (exact) mass is 504 g/mol. The van der Waals surface area contributed by atoms with Crippen molar-refractivity contribution < 1.29 is 0 Å². The molecule has 182 valence electrons. The van der Waals surface area contributed by atoms with Gasteiger partial charge < -0.3 is 33.6 Å². The Kier molecular flexibility index (Phi) is 11.5. The van der Waals surface area contributed by atoms with Crippen LogP contribution < -0.4 is 33.6 Å². The van der Waals surface area contributed by atoms with Crippen LogP contribution in [-0.4, -0.2) is 36.9 Å². The SMILES string of the molecule is NC(=NCCCCCCN=C(N)N=C(N)Nc1cccc(Cl)c1)N=C(N)Nc1cccc(Cl)c1. The third-order valence-electron chi connectivity index (χ3n) is 4.28. The first-order valence-corrected chi connectivity index (χ1v) is 11.4. The Bertz CT molecular complexity index is 966. The zero-order valence-corrected chi connectivity index (χ0v) is 20.2. The number of aliphatic imine (C=N–C) groups is 4. The van der Waals surface area contributed by atoms with Crippen LogP contribution in [0.25, 0.3) is 0 Å². The molecule has 12 heteroatoms. The van der Waals surface area contributed by atoms with Crippen molar-refractivity contribution in [1.29, 1.82) is 0 Å². The molecule has 0 bridgehead atoms. The number of nitrogens with zero attached hydrogens (tertiary/aromatic N) is 4. The number of hydrogen-bond donors (Lipinski definition) is 6. The summed E-state index contributed by atoms with van der Waals surface area (Å²) >= 11 is 11.9. The molecule has 0 aromatic heterocycles.